The SMILES string of the molecule is CCc1nc2c([nH]1)CCOc1cc(C)ccc1-2. The first-order valence-electron chi connectivity index (χ1n) is 6.09. The lowest BCUT2D eigenvalue weighted by Gasteiger charge is -2.07. The first kappa shape index (κ1) is 10.4. The van der Waals surface area contributed by atoms with Crippen LogP contribution in [-0.2, 0) is 12.8 Å². The number of imidazole rings is 1. The molecule has 0 fully saturated rings. The molecule has 1 aliphatic heterocycles. The van der Waals surface area contributed by atoms with Crippen LogP contribution < -0.4 is 4.74 Å². The molecule has 1 aliphatic rings. The van der Waals surface area contributed by atoms with E-state index in [0.717, 1.165) is 42.3 Å². The van der Waals surface area contributed by atoms with Crippen molar-refractivity contribution in [1.82, 2.24) is 9.97 Å². The third kappa shape index (κ3) is 1.71. The maximum atomic E-state index is 5.78. The zero-order chi connectivity index (χ0) is 11.8. The van der Waals surface area contributed by atoms with Crippen LogP contribution in [0, 0.1) is 6.92 Å². The Hall–Kier alpha value is -1.77. The molecule has 17 heavy (non-hydrogen) atoms. The van der Waals surface area contributed by atoms with E-state index in [4.69, 9.17) is 4.74 Å². The van der Waals surface area contributed by atoms with Crippen LogP contribution in [0.5, 0.6) is 5.75 Å². The second-order valence-corrected chi connectivity index (χ2v) is 4.46. The molecule has 3 nitrogen and oxygen atoms in total. The molecule has 3 rings (SSSR count). The van der Waals surface area contributed by atoms with Gasteiger partial charge in [0.05, 0.1) is 12.3 Å². The van der Waals surface area contributed by atoms with Gasteiger partial charge in [-0.15, -0.1) is 0 Å². The maximum Gasteiger partial charge on any atom is 0.129 e. The summed E-state index contributed by atoms with van der Waals surface area (Å²) < 4.78 is 5.78. The Kier molecular flexibility index (Phi) is 2.39. The Bertz CT molecular complexity index is 557. The van der Waals surface area contributed by atoms with E-state index in [2.05, 4.69) is 42.0 Å². The van der Waals surface area contributed by atoms with Gasteiger partial charge >= 0.3 is 0 Å². The van der Waals surface area contributed by atoms with Gasteiger partial charge in [-0.25, -0.2) is 4.98 Å². The number of ether oxygens (including phenoxy) is 1. The van der Waals surface area contributed by atoms with Crippen molar-refractivity contribution in [2.24, 2.45) is 0 Å². The number of fused-ring (bicyclic) bond motifs is 3. The molecule has 1 N–H and O–H groups in total. The van der Waals surface area contributed by atoms with Gasteiger partial charge < -0.3 is 9.72 Å². The van der Waals surface area contributed by atoms with E-state index in [0.29, 0.717) is 0 Å². The number of hydrogen-bond acceptors (Lipinski definition) is 2. The van der Waals surface area contributed by atoms with Gasteiger partial charge in [0.15, 0.2) is 0 Å². The van der Waals surface area contributed by atoms with Crippen LogP contribution in [0.15, 0.2) is 18.2 Å². The number of aryl methyl sites for hydroxylation is 2. The van der Waals surface area contributed by atoms with E-state index < -0.39 is 0 Å². The molecule has 0 spiro atoms. The van der Waals surface area contributed by atoms with E-state index >= 15 is 0 Å². The van der Waals surface area contributed by atoms with Crippen molar-refractivity contribution in [3.63, 3.8) is 0 Å². The fourth-order valence-corrected chi connectivity index (χ4v) is 2.24. The Morgan fingerprint density at radius 2 is 2.29 bits per heavy atom. The number of rotatable bonds is 1. The van der Waals surface area contributed by atoms with Gasteiger partial charge in [0.1, 0.15) is 11.6 Å². The molecule has 0 saturated carbocycles. The van der Waals surface area contributed by atoms with E-state index in [1.54, 1.807) is 0 Å². The van der Waals surface area contributed by atoms with Crippen LogP contribution in [0.2, 0.25) is 0 Å². The molecule has 2 aromatic rings. The quantitative estimate of drug-likeness (QED) is 0.815. The molecule has 1 aromatic heterocycles. The standard InChI is InChI=1S/C14H16N2O/c1-3-13-15-11-6-7-17-12-8-9(2)4-5-10(12)14(11)16-13/h4-5,8H,3,6-7H2,1-2H3,(H,15,16). The average molecular weight is 228 g/mol. The van der Waals surface area contributed by atoms with Crippen LogP contribution in [0.4, 0.5) is 0 Å². The van der Waals surface area contributed by atoms with Crippen LogP contribution in [0.25, 0.3) is 11.3 Å². The van der Waals surface area contributed by atoms with Gasteiger partial charge in [-0.3, -0.25) is 0 Å². The topological polar surface area (TPSA) is 37.9 Å². The minimum absolute atomic E-state index is 0.717. The number of aromatic nitrogens is 2. The van der Waals surface area contributed by atoms with Crippen LogP contribution in [0.3, 0.4) is 0 Å². The highest BCUT2D eigenvalue weighted by atomic mass is 16.5. The summed E-state index contributed by atoms with van der Waals surface area (Å²) in [6, 6.07) is 6.30. The summed E-state index contributed by atoms with van der Waals surface area (Å²) in [6.45, 7) is 4.91. The van der Waals surface area contributed by atoms with Gasteiger partial charge in [-0.1, -0.05) is 13.0 Å². The molecule has 3 heteroatoms. The predicted octanol–water partition coefficient (Wildman–Crippen LogP) is 2.88. The van der Waals surface area contributed by atoms with Crippen molar-refractivity contribution >= 4 is 0 Å². The second-order valence-electron chi connectivity index (χ2n) is 4.46. The van der Waals surface area contributed by atoms with E-state index in [1.165, 1.54) is 11.3 Å². The molecule has 88 valence electrons. The molecule has 0 bridgehead atoms. The van der Waals surface area contributed by atoms with Crippen molar-refractivity contribution in [2.45, 2.75) is 26.7 Å². The predicted molar refractivity (Wildman–Crippen MR) is 67.3 cm³/mol. The van der Waals surface area contributed by atoms with Gasteiger partial charge in [0.2, 0.25) is 0 Å². The van der Waals surface area contributed by atoms with Crippen molar-refractivity contribution in [2.75, 3.05) is 6.61 Å². The summed E-state index contributed by atoms with van der Waals surface area (Å²) >= 11 is 0. The number of nitrogens with one attached hydrogen (secondary N) is 1. The number of nitrogens with zero attached hydrogens (tertiary/aromatic N) is 1. The average Bonchev–Trinajstić information content (AvgIpc) is 2.66. The molecule has 1 aromatic carbocycles. The summed E-state index contributed by atoms with van der Waals surface area (Å²) in [5.41, 5.74) is 4.59. The summed E-state index contributed by atoms with van der Waals surface area (Å²) in [7, 11) is 0. The molecule has 0 amide bonds. The summed E-state index contributed by atoms with van der Waals surface area (Å²) in [5, 5.41) is 0. The highest BCUT2D eigenvalue weighted by Gasteiger charge is 2.19. The van der Waals surface area contributed by atoms with Crippen LogP contribution >= 0.6 is 0 Å². The molecular weight excluding hydrogens is 212 g/mol. The molecule has 0 atom stereocenters. The number of aromatic amines is 1. The zero-order valence-electron chi connectivity index (χ0n) is 10.2. The zero-order valence-corrected chi connectivity index (χ0v) is 10.2. The lowest BCUT2D eigenvalue weighted by atomic mass is 10.1. The fourth-order valence-electron chi connectivity index (χ4n) is 2.24. The Morgan fingerprint density at radius 3 is 3.12 bits per heavy atom. The monoisotopic (exact) mass is 228 g/mol. The van der Waals surface area contributed by atoms with Crippen LogP contribution in [0.1, 0.15) is 24.0 Å². The lowest BCUT2D eigenvalue weighted by Crippen LogP contribution is -1.99. The first-order valence-corrected chi connectivity index (χ1v) is 6.09. The summed E-state index contributed by atoms with van der Waals surface area (Å²) in [6.07, 6.45) is 1.84. The number of H-pyrrole nitrogens is 1. The molecule has 0 radical (unpaired) electrons. The third-order valence-electron chi connectivity index (χ3n) is 3.16. The fraction of sp³-hybridized carbons (Fsp3) is 0.357. The van der Waals surface area contributed by atoms with Gasteiger partial charge in [-0.05, 0) is 24.6 Å². The second kappa shape index (κ2) is 3.91. The van der Waals surface area contributed by atoms with Crippen molar-refractivity contribution < 1.29 is 4.74 Å². The smallest absolute Gasteiger partial charge is 0.129 e. The van der Waals surface area contributed by atoms with E-state index in [1.807, 2.05) is 0 Å². The summed E-state index contributed by atoms with van der Waals surface area (Å²) in [5.74, 6) is 2.02. The number of benzene rings is 1. The van der Waals surface area contributed by atoms with E-state index in [9.17, 15) is 0 Å². The highest BCUT2D eigenvalue weighted by Crippen LogP contribution is 2.34. The van der Waals surface area contributed by atoms with E-state index in [-0.39, 0.29) is 0 Å². The molecule has 0 saturated heterocycles. The lowest BCUT2D eigenvalue weighted by molar-refractivity contribution is 0.325. The van der Waals surface area contributed by atoms with Crippen LogP contribution in [-0.4, -0.2) is 16.6 Å². The largest absolute Gasteiger partial charge is 0.492 e. The highest BCUT2D eigenvalue weighted by molar-refractivity contribution is 5.70. The Morgan fingerprint density at radius 1 is 1.41 bits per heavy atom. The van der Waals surface area contributed by atoms with Crippen molar-refractivity contribution in [3.05, 3.63) is 35.3 Å². The van der Waals surface area contributed by atoms with Gasteiger partial charge in [0, 0.05) is 24.1 Å². The van der Waals surface area contributed by atoms with Crippen molar-refractivity contribution in [3.8, 4) is 17.0 Å². The Balaban J connectivity index is 2.19. The third-order valence-corrected chi connectivity index (χ3v) is 3.16. The van der Waals surface area contributed by atoms with Gasteiger partial charge in [0.25, 0.3) is 0 Å². The normalized spacial score (nSPS) is 13.5. The maximum absolute atomic E-state index is 5.78. The molecular formula is C14H16N2O. The van der Waals surface area contributed by atoms with Gasteiger partial charge in [-0.2, -0.15) is 0 Å². The minimum Gasteiger partial charge on any atom is -0.492 e. The molecule has 0 aliphatic carbocycles. The molecule has 2 heterocycles. The molecule has 0 unspecified atom stereocenters. The summed E-state index contributed by atoms with van der Waals surface area (Å²) in [4.78, 5) is 8.05. The minimum atomic E-state index is 0.717. The Labute approximate surface area is 101 Å². The number of hydrogen-bond donors (Lipinski definition) is 1. The van der Waals surface area contributed by atoms with Crippen molar-refractivity contribution in [1.29, 1.82) is 0 Å². The first-order chi connectivity index (χ1) is 8.28.